The Morgan fingerprint density at radius 2 is 2.10 bits per heavy atom. The molecule has 1 amide bonds. The highest BCUT2D eigenvalue weighted by molar-refractivity contribution is 5.94. The lowest BCUT2D eigenvalue weighted by Gasteiger charge is -2.34. The Labute approximate surface area is 122 Å². The van der Waals surface area contributed by atoms with Gasteiger partial charge in [-0.2, -0.15) is 0 Å². The van der Waals surface area contributed by atoms with Gasteiger partial charge in [0.25, 0.3) is 11.5 Å². The standard InChI is InChI=1S/C14H19N3O4/c18-13-10(2-1-3-15-13)14(19)16-11-8-21-9-12(11)17-4-6-20-7-5-17/h1-3,11-12H,4-9H2,(H,15,18)(H,16,19)/t11-,12-/m0/s1. The van der Waals surface area contributed by atoms with Crippen molar-refractivity contribution in [2.24, 2.45) is 0 Å². The van der Waals surface area contributed by atoms with Crippen molar-refractivity contribution in [2.75, 3.05) is 39.5 Å². The van der Waals surface area contributed by atoms with Gasteiger partial charge < -0.3 is 19.8 Å². The molecule has 2 atom stereocenters. The summed E-state index contributed by atoms with van der Waals surface area (Å²) < 4.78 is 10.9. The summed E-state index contributed by atoms with van der Waals surface area (Å²) in [7, 11) is 0. The molecule has 2 N–H and O–H groups in total. The number of aromatic nitrogens is 1. The fourth-order valence-corrected chi connectivity index (χ4v) is 2.80. The molecule has 1 aromatic heterocycles. The highest BCUT2D eigenvalue weighted by atomic mass is 16.5. The summed E-state index contributed by atoms with van der Waals surface area (Å²) in [5.74, 6) is -0.356. The van der Waals surface area contributed by atoms with E-state index in [2.05, 4.69) is 15.2 Å². The van der Waals surface area contributed by atoms with Gasteiger partial charge in [0, 0.05) is 19.3 Å². The van der Waals surface area contributed by atoms with E-state index in [0.29, 0.717) is 26.4 Å². The summed E-state index contributed by atoms with van der Waals surface area (Å²) >= 11 is 0. The minimum absolute atomic E-state index is 0.102. The molecule has 3 heterocycles. The number of rotatable bonds is 3. The molecule has 0 aliphatic carbocycles. The minimum atomic E-state index is -0.378. The summed E-state index contributed by atoms with van der Waals surface area (Å²) in [5.41, 5.74) is -0.248. The molecule has 0 radical (unpaired) electrons. The highest BCUT2D eigenvalue weighted by Crippen LogP contribution is 2.15. The van der Waals surface area contributed by atoms with Crippen molar-refractivity contribution < 1.29 is 14.3 Å². The molecule has 2 aliphatic rings. The van der Waals surface area contributed by atoms with E-state index in [1.54, 1.807) is 6.07 Å². The number of pyridine rings is 1. The Balaban J connectivity index is 1.67. The molecule has 0 aromatic carbocycles. The number of hydrogen-bond acceptors (Lipinski definition) is 5. The molecule has 2 aliphatic heterocycles. The number of ether oxygens (including phenoxy) is 2. The van der Waals surface area contributed by atoms with E-state index in [1.807, 2.05) is 0 Å². The number of morpholine rings is 1. The van der Waals surface area contributed by atoms with Crippen molar-refractivity contribution in [3.63, 3.8) is 0 Å². The van der Waals surface area contributed by atoms with Gasteiger partial charge in [0.2, 0.25) is 0 Å². The summed E-state index contributed by atoms with van der Waals surface area (Å²) in [6, 6.07) is 3.20. The Bertz CT molecular complexity index is 553. The van der Waals surface area contributed by atoms with Gasteiger partial charge in [0.15, 0.2) is 0 Å². The predicted molar refractivity (Wildman–Crippen MR) is 75.3 cm³/mol. The van der Waals surface area contributed by atoms with E-state index in [-0.39, 0.29) is 29.1 Å². The van der Waals surface area contributed by atoms with E-state index in [1.165, 1.54) is 12.3 Å². The molecule has 114 valence electrons. The van der Waals surface area contributed by atoms with E-state index in [9.17, 15) is 9.59 Å². The minimum Gasteiger partial charge on any atom is -0.379 e. The zero-order valence-corrected chi connectivity index (χ0v) is 11.7. The molecule has 0 spiro atoms. The van der Waals surface area contributed by atoms with E-state index < -0.39 is 0 Å². The number of carbonyl (C=O) groups excluding carboxylic acids is 1. The number of nitrogens with one attached hydrogen (secondary N) is 2. The summed E-state index contributed by atoms with van der Waals surface area (Å²) in [5, 5.41) is 2.92. The van der Waals surface area contributed by atoms with E-state index in [4.69, 9.17) is 9.47 Å². The first-order valence-electron chi connectivity index (χ1n) is 7.14. The zero-order chi connectivity index (χ0) is 14.7. The third-order valence-corrected chi connectivity index (χ3v) is 3.94. The number of H-pyrrole nitrogens is 1. The third kappa shape index (κ3) is 3.15. The highest BCUT2D eigenvalue weighted by Gasteiger charge is 2.35. The first-order valence-corrected chi connectivity index (χ1v) is 7.14. The first kappa shape index (κ1) is 14.2. The van der Waals surface area contributed by atoms with Crippen LogP contribution in [-0.4, -0.2) is 67.4 Å². The van der Waals surface area contributed by atoms with Gasteiger partial charge in [-0.25, -0.2) is 0 Å². The molecule has 0 unspecified atom stereocenters. The Morgan fingerprint density at radius 3 is 2.86 bits per heavy atom. The van der Waals surface area contributed by atoms with Crippen LogP contribution in [0.15, 0.2) is 23.1 Å². The van der Waals surface area contributed by atoms with Crippen LogP contribution in [0.1, 0.15) is 10.4 Å². The monoisotopic (exact) mass is 293 g/mol. The fourth-order valence-electron chi connectivity index (χ4n) is 2.80. The number of hydrogen-bond donors (Lipinski definition) is 2. The maximum Gasteiger partial charge on any atom is 0.260 e. The second-order valence-corrected chi connectivity index (χ2v) is 5.25. The van der Waals surface area contributed by atoms with Crippen molar-refractivity contribution in [3.05, 3.63) is 34.2 Å². The maximum absolute atomic E-state index is 12.2. The summed E-state index contributed by atoms with van der Waals surface area (Å²) in [6.07, 6.45) is 1.51. The number of carbonyl (C=O) groups is 1. The van der Waals surface area contributed by atoms with Crippen molar-refractivity contribution >= 4 is 5.91 Å². The second kappa shape index (κ2) is 6.38. The number of amides is 1. The van der Waals surface area contributed by atoms with Crippen LogP contribution >= 0.6 is 0 Å². The normalized spacial score (nSPS) is 26.7. The molecule has 7 heteroatoms. The molecule has 1 aromatic rings. The largest absolute Gasteiger partial charge is 0.379 e. The van der Waals surface area contributed by atoms with Crippen LogP contribution in [0, 0.1) is 0 Å². The Hall–Kier alpha value is -1.70. The van der Waals surface area contributed by atoms with Crippen LogP contribution in [0.4, 0.5) is 0 Å². The second-order valence-electron chi connectivity index (χ2n) is 5.25. The van der Waals surface area contributed by atoms with Gasteiger partial charge in [-0.1, -0.05) is 0 Å². The van der Waals surface area contributed by atoms with Gasteiger partial charge in [0.05, 0.1) is 38.5 Å². The predicted octanol–water partition coefficient (Wildman–Crippen LogP) is -0.796. The van der Waals surface area contributed by atoms with Gasteiger partial charge in [-0.3, -0.25) is 14.5 Å². The zero-order valence-electron chi connectivity index (χ0n) is 11.7. The van der Waals surface area contributed by atoms with Gasteiger partial charge in [0.1, 0.15) is 5.56 Å². The van der Waals surface area contributed by atoms with Crippen LogP contribution in [0.5, 0.6) is 0 Å². The SMILES string of the molecule is O=C(N[C@H]1COC[C@@H]1N1CCOCC1)c1ccc[nH]c1=O. The average Bonchev–Trinajstić information content (AvgIpc) is 2.96. The molecule has 0 saturated carbocycles. The molecule has 7 nitrogen and oxygen atoms in total. The third-order valence-electron chi connectivity index (χ3n) is 3.94. The van der Waals surface area contributed by atoms with Crippen molar-refractivity contribution in [2.45, 2.75) is 12.1 Å². The van der Waals surface area contributed by atoms with Crippen LogP contribution in [0.2, 0.25) is 0 Å². The fraction of sp³-hybridized carbons (Fsp3) is 0.571. The maximum atomic E-state index is 12.2. The van der Waals surface area contributed by atoms with E-state index in [0.717, 1.165) is 13.1 Å². The smallest absolute Gasteiger partial charge is 0.260 e. The topological polar surface area (TPSA) is 83.7 Å². The summed E-state index contributed by atoms with van der Waals surface area (Å²) in [6.45, 7) is 4.15. The molecule has 2 saturated heterocycles. The van der Waals surface area contributed by atoms with Crippen LogP contribution < -0.4 is 10.9 Å². The lowest BCUT2D eigenvalue weighted by atomic mass is 10.1. The Kier molecular flexibility index (Phi) is 4.33. The Morgan fingerprint density at radius 1 is 1.29 bits per heavy atom. The van der Waals surface area contributed by atoms with Crippen LogP contribution in [0.25, 0.3) is 0 Å². The van der Waals surface area contributed by atoms with Gasteiger partial charge in [-0.15, -0.1) is 0 Å². The quantitative estimate of drug-likeness (QED) is 0.762. The van der Waals surface area contributed by atoms with Crippen molar-refractivity contribution in [1.82, 2.24) is 15.2 Å². The van der Waals surface area contributed by atoms with Crippen LogP contribution in [0.3, 0.4) is 0 Å². The molecular formula is C14H19N3O4. The van der Waals surface area contributed by atoms with Gasteiger partial charge >= 0.3 is 0 Å². The molecule has 21 heavy (non-hydrogen) atoms. The lowest BCUT2D eigenvalue weighted by Crippen LogP contribution is -2.54. The lowest BCUT2D eigenvalue weighted by molar-refractivity contribution is 0.0108. The average molecular weight is 293 g/mol. The number of aromatic amines is 1. The van der Waals surface area contributed by atoms with E-state index >= 15 is 0 Å². The van der Waals surface area contributed by atoms with Crippen LogP contribution in [-0.2, 0) is 9.47 Å². The molecule has 3 rings (SSSR count). The number of nitrogens with zero attached hydrogens (tertiary/aromatic N) is 1. The first-order chi connectivity index (χ1) is 10.3. The van der Waals surface area contributed by atoms with Crippen molar-refractivity contribution in [1.29, 1.82) is 0 Å². The summed E-state index contributed by atoms with van der Waals surface area (Å²) in [4.78, 5) is 28.6. The molecular weight excluding hydrogens is 274 g/mol. The molecule has 0 bridgehead atoms. The van der Waals surface area contributed by atoms with Gasteiger partial charge in [-0.05, 0) is 12.1 Å². The molecule has 2 fully saturated rings. The van der Waals surface area contributed by atoms with Crippen molar-refractivity contribution in [3.8, 4) is 0 Å².